The molecule has 1 N–H and O–H groups in total. The van der Waals surface area contributed by atoms with Gasteiger partial charge in [0.2, 0.25) is 11.8 Å². The molecule has 0 bridgehead atoms. The van der Waals surface area contributed by atoms with Crippen LogP contribution >= 0.6 is 0 Å². The van der Waals surface area contributed by atoms with Crippen LogP contribution in [0.3, 0.4) is 0 Å². The molecule has 0 aromatic heterocycles. The van der Waals surface area contributed by atoms with Gasteiger partial charge < -0.3 is 10.2 Å². The van der Waals surface area contributed by atoms with Gasteiger partial charge >= 0.3 is 0 Å². The molecule has 1 aliphatic rings. The van der Waals surface area contributed by atoms with E-state index in [1.807, 2.05) is 61.5 Å². The van der Waals surface area contributed by atoms with Gasteiger partial charge in [0.25, 0.3) is 0 Å². The molecular formula is C20H20N2O2. The van der Waals surface area contributed by atoms with Gasteiger partial charge in [0.05, 0.1) is 12.5 Å². The molecule has 0 saturated carbocycles. The summed E-state index contributed by atoms with van der Waals surface area (Å²) in [5.74, 6) is -0.186. The van der Waals surface area contributed by atoms with E-state index in [2.05, 4.69) is 5.32 Å². The largest absolute Gasteiger partial charge is 0.326 e. The Hall–Kier alpha value is -2.88. The van der Waals surface area contributed by atoms with Crippen molar-refractivity contribution in [2.24, 2.45) is 0 Å². The molecule has 0 fully saturated rings. The highest BCUT2D eigenvalue weighted by molar-refractivity contribution is 5.92. The van der Waals surface area contributed by atoms with Gasteiger partial charge in [-0.25, -0.2) is 0 Å². The second-order valence-electron chi connectivity index (χ2n) is 6.01. The van der Waals surface area contributed by atoms with Crippen LogP contribution < -0.4 is 5.32 Å². The van der Waals surface area contributed by atoms with Crippen molar-refractivity contribution in [3.05, 3.63) is 71.4 Å². The third-order valence-electron chi connectivity index (χ3n) is 4.18. The predicted octanol–water partition coefficient (Wildman–Crippen LogP) is 3.90. The minimum atomic E-state index is -0.283. The maximum Gasteiger partial charge on any atom is 0.226 e. The molecule has 122 valence electrons. The number of hydrogen-bond acceptors (Lipinski definition) is 2. The Balaban J connectivity index is 1.80. The first kappa shape index (κ1) is 16.0. The van der Waals surface area contributed by atoms with E-state index in [9.17, 15) is 9.59 Å². The lowest BCUT2D eigenvalue weighted by Gasteiger charge is -2.32. The molecule has 0 saturated heterocycles. The van der Waals surface area contributed by atoms with Gasteiger partial charge in [-0.3, -0.25) is 9.59 Å². The van der Waals surface area contributed by atoms with Gasteiger partial charge in [0, 0.05) is 18.8 Å². The molecule has 1 aliphatic heterocycles. The van der Waals surface area contributed by atoms with Crippen LogP contribution in [0.4, 0.5) is 5.69 Å². The summed E-state index contributed by atoms with van der Waals surface area (Å²) in [6, 6.07) is 15.2. The van der Waals surface area contributed by atoms with Crippen LogP contribution in [-0.4, -0.2) is 16.7 Å². The Morgan fingerprint density at radius 1 is 1.08 bits per heavy atom. The number of nitrogens with zero attached hydrogens (tertiary/aromatic N) is 1. The molecule has 1 atom stereocenters. The van der Waals surface area contributed by atoms with Crippen LogP contribution in [0.1, 0.15) is 36.1 Å². The number of nitrogens with one attached hydrogen (secondary N) is 1. The molecule has 1 heterocycles. The number of fused-ring (bicyclic) bond motifs is 1. The molecule has 2 aromatic carbocycles. The van der Waals surface area contributed by atoms with Crippen molar-refractivity contribution in [3.63, 3.8) is 0 Å². The van der Waals surface area contributed by atoms with E-state index in [-0.39, 0.29) is 24.3 Å². The van der Waals surface area contributed by atoms with Crippen molar-refractivity contribution in [3.8, 4) is 0 Å². The number of rotatable bonds is 3. The van der Waals surface area contributed by atoms with E-state index >= 15 is 0 Å². The number of benzene rings is 2. The molecule has 4 nitrogen and oxygen atoms in total. The Bertz CT molecular complexity index is 794. The smallest absolute Gasteiger partial charge is 0.226 e. The Morgan fingerprint density at radius 2 is 1.79 bits per heavy atom. The SMILES string of the molecule is CC(=O)N1C=Cc2ccccc2C1CC(=O)Nc1ccc(C)cc1. The number of carbonyl (C=O) groups excluding carboxylic acids is 2. The maximum absolute atomic E-state index is 12.5. The highest BCUT2D eigenvalue weighted by atomic mass is 16.2. The van der Waals surface area contributed by atoms with Gasteiger partial charge in [-0.1, -0.05) is 42.0 Å². The van der Waals surface area contributed by atoms with Crippen LogP contribution in [0.15, 0.2) is 54.7 Å². The first-order valence-electron chi connectivity index (χ1n) is 7.97. The first-order chi connectivity index (χ1) is 11.5. The normalized spacial score (nSPS) is 15.8. The standard InChI is InChI=1S/C20H20N2O2/c1-14-7-9-17(10-8-14)21-20(24)13-19-18-6-4-3-5-16(18)11-12-22(19)15(2)23/h3-12,19H,13H2,1-2H3,(H,21,24). The number of anilines is 1. The summed E-state index contributed by atoms with van der Waals surface area (Å²) in [6.45, 7) is 3.52. The fraction of sp³-hybridized carbons (Fsp3) is 0.200. The van der Waals surface area contributed by atoms with Crippen LogP contribution in [-0.2, 0) is 9.59 Å². The van der Waals surface area contributed by atoms with Gasteiger partial charge in [-0.2, -0.15) is 0 Å². The monoisotopic (exact) mass is 320 g/mol. The molecule has 0 radical (unpaired) electrons. The summed E-state index contributed by atoms with van der Waals surface area (Å²) >= 11 is 0. The number of hydrogen-bond donors (Lipinski definition) is 1. The molecule has 2 aromatic rings. The van der Waals surface area contributed by atoms with Crippen molar-refractivity contribution in [1.82, 2.24) is 4.90 Å². The molecule has 3 rings (SSSR count). The second-order valence-corrected chi connectivity index (χ2v) is 6.01. The van der Waals surface area contributed by atoms with E-state index in [0.717, 1.165) is 22.4 Å². The van der Waals surface area contributed by atoms with Crippen molar-refractivity contribution >= 4 is 23.6 Å². The molecular weight excluding hydrogens is 300 g/mol. The van der Waals surface area contributed by atoms with Gasteiger partial charge in [0.15, 0.2) is 0 Å². The molecule has 0 spiro atoms. The highest BCUT2D eigenvalue weighted by Crippen LogP contribution is 2.33. The maximum atomic E-state index is 12.5. The van der Waals surface area contributed by atoms with Crippen LogP contribution in [0, 0.1) is 6.92 Å². The highest BCUT2D eigenvalue weighted by Gasteiger charge is 2.28. The minimum Gasteiger partial charge on any atom is -0.326 e. The molecule has 4 heteroatoms. The summed E-state index contributed by atoms with van der Waals surface area (Å²) in [7, 11) is 0. The zero-order chi connectivity index (χ0) is 17.1. The number of aryl methyl sites for hydroxylation is 1. The van der Waals surface area contributed by atoms with Gasteiger partial charge in [-0.15, -0.1) is 0 Å². The van der Waals surface area contributed by atoms with Crippen molar-refractivity contribution < 1.29 is 9.59 Å². The van der Waals surface area contributed by atoms with Crippen molar-refractivity contribution in [2.75, 3.05) is 5.32 Å². The lowest BCUT2D eigenvalue weighted by Crippen LogP contribution is -2.33. The first-order valence-corrected chi connectivity index (χ1v) is 7.97. The average Bonchev–Trinajstić information content (AvgIpc) is 2.57. The van der Waals surface area contributed by atoms with E-state index in [1.54, 1.807) is 11.1 Å². The predicted molar refractivity (Wildman–Crippen MR) is 95.2 cm³/mol. The van der Waals surface area contributed by atoms with Crippen LogP contribution in [0.5, 0.6) is 0 Å². The summed E-state index contributed by atoms with van der Waals surface area (Å²) in [5, 5.41) is 2.91. The summed E-state index contributed by atoms with van der Waals surface area (Å²) in [4.78, 5) is 26.0. The summed E-state index contributed by atoms with van der Waals surface area (Å²) in [5.41, 5.74) is 3.94. The van der Waals surface area contributed by atoms with E-state index in [4.69, 9.17) is 0 Å². The van der Waals surface area contributed by atoms with Gasteiger partial charge in [0.1, 0.15) is 0 Å². The van der Waals surface area contributed by atoms with E-state index in [1.165, 1.54) is 6.92 Å². The molecule has 1 unspecified atom stereocenters. The fourth-order valence-corrected chi connectivity index (χ4v) is 2.94. The van der Waals surface area contributed by atoms with Crippen molar-refractivity contribution in [2.45, 2.75) is 26.3 Å². The van der Waals surface area contributed by atoms with E-state index in [0.29, 0.717) is 0 Å². The van der Waals surface area contributed by atoms with Crippen molar-refractivity contribution in [1.29, 1.82) is 0 Å². The van der Waals surface area contributed by atoms with Gasteiger partial charge in [-0.05, 0) is 36.3 Å². The molecule has 24 heavy (non-hydrogen) atoms. The lowest BCUT2D eigenvalue weighted by molar-refractivity contribution is -0.129. The third kappa shape index (κ3) is 3.38. The second kappa shape index (κ2) is 6.71. The summed E-state index contributed by atoms with van der Waals surface area (Å²) < 4.78 is 0. The Morgan fingerprint density at radius 3 is 2.50 bits per heavy atom. The molecule has 0 aliphatic carbocycles. The van der Waals surface area contributed by atoms with Crippen LogP contribution in [0.25, 0.3) is 6.08 Å². The zero-order valence-electron chi connectivity index (χ0n) is 13.8. The van der Waals surface area contributed by atoms with E-state index < -0.39 is 0 Å². The quantitative estimate of drug-likeness (QED) is 0.932. The minimum absolute atomic E-state index is 0.0751. The molecule has 2 amide bonds. The topological polar surface area (TPSA) is 49.4 Å². The lowest BCUT2D eigenvalue weighted by atomic mass is 9.93. The zero-order valence-corrected chi connectivity index (χ0v) is 13.8. The Kier molecular flexibility index (Phi) is 4.47. The number of carbonyl (C=O) groups is 2. The third-order valence-corrected chi connectivity index (χ3v) is 4.18. The Labute approximate surface area is 141 Å². The van der Waals surface area contributed by atoms with Crippen LogP contribution in [0.2, 0.25) is 0 Å². The summed E-state index contributed by atoms with van der Waals surface area (Å²) in [6.07, 6.45) is 3.88. The average molecular weight is 320 g/mol. The number of amides is 2. The fourth-order valence-electron chi connectivity index (χ4n) is 2.94.